The second kappa shape index (κ2) is 9.66. The molecular formula is C16H21F3N4O4S. The van der Waals surface area contributed by atoms with Gasteiger partial charge in [-0.1, -0.05) is 6.08 Å². The van der Waals surface area contributed by atoms with Gasteiger partial charge in [-0.3, -0.25) is 4.79 Å². The third kappa shape index (κ3) is 8.06. The molecule has 0 fully saturated rings. The molecule has 0 aromatic carbocycles. The lowest BCUT2D eigenvalue weighted by atomic mass is 10.2. The third-order valence-electron chi connectivity index (χ3n) is 3.26. The van der Waals surface area contributed by atoms with Crippen molar-refractivity contribution in [2.24, 2.45) is 10.9 Å². The molecule has 0 unspecified atom stereocenters. The normalized spacial score (nSPS) is 13.4. The fraction of sp³-hybridized carbons (Fsp3) is 0.375. The average molecular weight is 422 g/mol. The first-order chi connectivity index (χ1) is 12.9. The van der Waals surface area contributed by atoms with Gasteiger partial charge in [0.25, 0.3) is 5.91 Å². The Balaban J connectivity index is 2.94. The monoisotopic (exact) mass is 422 g/mol. The molecule has 1 amide bonds. The lowest BCUT2D eigenvalue weighted by Gasteiger charge is -2.12. The van der Waals surface area contributed by atoms with E-state index in [2.05, 4.69) is 10.3 Å². The Hall–Kier alpha value is -2.44. The van der Waals surface area contributed by atoms with Crippen molar-refractivity contribution in [2.75, 3.05) is 12.3 Å². The summed E-state index contributed by atoms with van der Waals surface area (Å²) in [5, 5.41) is 7.20. The summed E-state index contributed by atoms with van der Waals surface area (Å²) in [4.78, 5) is 15.4. The number of alkyl halides is 3. The minimum absolute atomic E-state index is 0.0875. The van der Waals surface area contributed by atoms with Crippen LogP contribution in [-0.4, -0.2) is 31.6 Å². The molecule has 0 radical (unpaired) electrons. The highest BCUT2D eigenvalue weighted by Gasteiger charge is 2.33. The van der Waals surface area contributed by atoms with Crippen molar-refractivity contribution in [2.45, 2.75) is 26.6 Å². The van der Waals surface area contributed by atoms with E-state index in [1.165, 1.54) is 25.1 Å². The van der Waals surface area contributed by atoms with Crippen LogP contribution in [0.15, 0.2) is 35.6 Å². The van der Waals surface area contributed by atoms with E-state index in [1.807, 2.05) is 0 Å². The number of nitrogens with two attached hydrogens (primary N) is 2. The predicted octanol–water partition coefficient (Wildman–Crippen LogP) is 1.19. The largest absolute Gasteiger partial charge is 0.444 e. The quantitative estimate of drug-likeness (QED) is 0.327. The van der Waals surface area contributed by atoms with Crippen LogP contribution in [0.1, 0.15) is 25.1 Å². The lowest BCUT2D eigenvalue weighted by molar-refractivity contribution is -0.141. The van der Waals surface area contributed by atoms with Gasteiger partial charge in [0.1, 0.15) is 11.5 Å². The maximum Gasteiger partial charge on any atom is 0.433 e. The number of aromatic nitrogens is 1. The zero-order chi connectivity index (χ0) is 21.5. The molecule has 0 bridgehead atoms. The summed E-state index contributed by atoms with van der Waals surface area (Å²) >= 11 is 0. The Morgan fingerprint density at radius 2 is 2.00 bits per heavy atom. The number of hydrogen-bond donors (Lipinski definition) is 3. The van der Waals surface area contributed by atoms with Crippen molar-refractivity contribution in [1.29, 1.82) is 0 Å². The van der Waals surface area contributed by atoms with Crippen LogP contribution >= 0.6 is 0 Å². The van der Waals surface area contributed by atoms with Gasteiger partial charge in [-0.15, -0.1) is 0 Å². The number of hydrogen-bond acceptors (Lipinski definition) is 6. The number of halogens is 3. The van der Waals surface area contributed by atoms with Crippen LogP contribution in [0.25, 0.3) is 0 Å². The highest BCUT2D eigenvalue weighted by Crippen LogP contribution is 2.30. The molecule has 156 valence electrons. The molecule has 0 aliphatic carbocycles. The SMILES string of the molecule is C/C=C(\C=C(/C)Oc1cc(CN)cc(C(F)(F)F)n1)C(=O)NCCS(N)(=O)=O. The molecule has 0 aliphatic rings. The molecule has 1 aromatic heterocycles. The van der Waals surface area contributed by atoms with E-state index >= 15 is 0 Å². The number of primary sulfonamides is 1. The Morgan fingerprint density at radius 3 is 2.50 bits per heavy atom. The molecular weight excluding hydrogens is 401 g/mol. The fourth-order valence-electron chi connectivity index (χ4n) is 1.98. The number of amides is 1. The number of pyridine rings is 1. The smallest absolute Gasteiger partial charge is 0.433 e. The first-order valence-electron chi connectivity index (χ1n) is 7.95. The Labute approximate surface area is 160 Å². The van der Waals surface area contributed by atoms with Gasteiger partial charge in [0.15, 0.2) is 0 Å². The first kappa shape index (κ1) is 23.6. The second-order valence-electron chi connectivity index (χ2n) is 5.62. The van der Waals surface area contributed by atoms with Crippen molar-refractivity contribution < 1.29 is 31.1 Å². The molecule has 0 spiro atoms. The molecule has 1 rings (SSSR count). The van der Waals surface area contributed by atoms with E-state index in [0.717, 1.165) is 6.07 Å². The summed E-state index contributed by atoms with van der Waals surface area (Å²) in [6.45, 7) is 2.63. The van der Waals surface area contributed by atoms with Crippen LogP contribution in [0.4, 0.5) is 13.2 Å². The van der Waals surface area contributed by atoms with Gasteiger partial charge in [0.05, 0.1) is 5.75 Å². The minimum atomic E-state index is -4.67. The van der Waals surface area contributed by atoms with Crippen LogP contribution in [0.5, 0.6) is 5.88 Å². The van der Waals surface area contributed by atoms with Crippen molar-refractivity contribution in [1.82, 2.24) is 10.3 Å². The third-order valence-corrected chi connectivity index (χ3v) is 4.03. The fourth-order valence-corrected chi connectivity index (χ4v) is 2.36. The lowest BCUT2D eigenvalue weighted by Crippen LogP contribution is -2.32. The Kier molecular flexibility index (Phi) is 8.14. The van der Waals surface area contributed by atoms with E-state index < -0.39 is 33.6 Å². The number of carbonyl (C=O) groups is 1. The summed E-state index contributed by atoms with van der Waals surface area (Å²) in [6, 6.07) is 2.08. The van der Waals surface area contributed by atoms with Crippen LogP contribution in [-0.2, 0) is 27.5 Å². The van der Waals surface area contributed by atoms with E-state index in [1.54, 1.807) is 6.92 Å². The van der Waals surface area contributed by atoms with Crippen LogP contribution in [0.2, 0.25) is 0 Å². The van der Waals surface area contributed by atoms with Gasteiger partial charge in [-0.25, -0.2) is 18.5 Å². The number of allylic oxidation sites excluding steroid dienone is 2. The maximum atomic E-state index is 12.9. The molecule has 0 saturated heterocycles. The number of carbonyl (C=O) groups excluding carboxylic acids is 1. The number of nitrogens with one attached hydrogen (secondary N) is 1. The standard InChI is InChI=1S/C16H21F3N4O4S/c1-3-12(15(24)22-4-5-28(21,25)26)6-10(2)27-14-8-11(9-20)7-13(23-14)16(17,18)19/h3,6-8H,4-5,9,20H2,1-2H3,(H,22,24)(H2,21,25,26)/b10-6+,12-3+. The summed E-state index contributed by atoms with van der Waals surface area (Å²) in [5.41, 5.74) is 4.54. The summed E-state index contributed by atoms with van der Waals surface area (Å²) in [7, 11) is -3.72. The van der Waals surface area contributed by atoms with Crippen molar-refractivity contribution >= 4 is 15.9 Å². The second-order valence-corrected chi connectivity index (χ2v) is 7.36. The minimum Gasteiger partial charge on any atom is -0.444 e. The molecule has 28 heavy (non-hydrogen) atoms. The topological polar surface area (TPSA) is 137 Å². The number of sulfonamides is 1. The van der Waals surface area contributed by atoms with Crippen LogP contribution in [0.3, 0.4) is 0 Å². The van der Waals surface area contributed by atoms with Gasteiger partial charge >= 0.3 is 6.18 Å². The Bertz CT molecular complexity index is 880. The molecule has 1 aromatic rings. The van der Waals surface area contributed by atoms with E-state index in [9.17, 15) is 26.4 Å². The van der Waals surface area contributed by atoms with Crippen molar-refractivity contribution in [3.63, 3.8) is 0 Å². The number of nitrogens with zero attached hydrogens (tertiary/aromatic N) is 1. The van der Waals surface area contributed by atoms with Gasteiger partial charge in [0.2, 0.25) is 15.9 Å². The average Bonchev–Trinajstić information content (AvgIpc) is 2.57. The van der Waals surface area contributed by atoms with Gasteiger partial charge in [0, 0.05) is 24.7 Å². The van der Waals surface area contributed by atoms with E-state index in [0.29, 0.717) is 0 Å². The van der Waals surface area contributed by atoms with Crippen LogP contribution in [0, 0.1) is 0 Å². The summed E-state index contributed by atoms with van der Waals surface area (Å²) < 4.78 is 65.7. The number of ether oxygens (including phenoxy) is 1. The van der Waals surface area contributed by atoms with E-state index in [-0.39, 0.29) is 35.9 Å². The predicted molar refractivity (Wildman–Crippen MR) is 96.3 cm³/mol. The molecule has 0 aliphatic heterocycles. The van der Waals surface area contributed by atoms with Crippen molar-refractivity contribution in [3.8, 4) is 5.88 Å². The first-order valence-corrected chi connectivity index (χ1v) is 9.66. The zero-order valence-corrected chi connectivity index (χ0v) is 16.0. The molecule has 8 nitrogen and oxygen atoms in total. The van der Waals surface area contributed by atoms with Gasteiger partial charge in [-0.2, -0.15) is 13.2 Å². The molecule has 1 heterocycles. The summed E-state index contributed by atoms with van der Waals surface area (Å²) in [6.07, 6.45) is -1.97. The molecule has 5 N–H and O–H groups in total. The van der Waals surface area contributed by atoms with Crippen LogP contribution < -0.4 is 20.9 Å². The number of rotatable bonds is 8. The van der Waals surface area contributed by atoms with Gasteiger partial charge < -0.3 is 15.8 Å². The Morgan fingerprint density at radius 1 is 1.36 bits per heavy atom. The van der Waals surface area contributed by atoms with Gasteiger partial charge in [-0.05, 0) is 31.6 Å². The van der Waals surface area contributed by atoms with Crippen molar-refractivity contribution in [3.05, 3.63) is 46.9 Å². The van der Waals surface area contributed by atoms with E-state index in [4.69, 9.17) is 15.6 Å². The maximum absolute atomic E-state index is 12.9. The molecule has 12 heteroatoms. The highest BCUT2D eigenvalue weighted by molar-refractivity contribution is 7.89. The zero-order valence-electron chi connectivity index (χ0n) is 15.2. The molecule has 0 saturated carbocycles. The highest BCUT2D eigenvalue weighted by atomic mass is 32.2. The summed E-state index contributed by atoms with van der Waals surface area (Å²) in [5.74, 6) is -1.28. The molecule has 0 atom stereocenters.